The lowest BCUT2D eigenvalue weighted by Crippen LogP contribution is -1.93. The third-order valence-corrected chi connectivity index (χ3v) is 4.32. The quantitative estimate of drug-likeness (QED) is 0.547. The molecule has 0 saturated carbocycles. The Hall–Kier alpha value is -3.00. The highest BCUT2D eigenvalue weighted by atomic mass is 16.3. The molecule has 0 saturated heterocycles. The molecule has 0 aliphatic carbocycles. The van der Waals surface area contributed by atoms with E-state index in [-0.39, 0.29) is 11.5 Å². The molecule has 0 aromatic heterocycles. The molecule has 0 radical (unpaired) electrons. The van der Waals surface area contributed by atoms with Crippen LogP contribution in [0.1, 0.15) is 11.1 Å². The SMILES string of the molecule is Oc1cc(Cc2c(O)ccc3ccccc23)c2ccccc2c1. The fourth-order valence-corrected chi connectivity index (χ4v) is 3.22. The van der Waals surface area contributed by atoms with Gasteiger partial charge in [0.05, 0.1) is 0 Å². The molecule has 0 unspecified atom stereocenters. The number of rotatable bonds is 2. The molecule has 2 N–H and O–H groups in total. The number of fused-ring (bicyclic) bond motifs is 2. The molecule has 0 aliphatic rings. The van der Waals surface area contributed by atoms with Gasteiger partial charge in [-0.25, -0.2) is 0 Å². The zero-order valence-corrected chi connectivity index (χ0v) is 12.5. The molecule has 23 heavy (non-hydrogen) atoms. The number of aromatic hydroxyl groups is 2. The Bertz CT molecular complexity index is 1020. The first-order chi connectivity index (χ1) is 11.2. The normalized spacial score (nSPS) is 11.1. The van der Waals surface area contributed by atoms with Gasteiger partial charge in [-0.15, -0.1) is 0 Å². The third kappa shape index (κ3) is 2.38. The second kappa shape index (κ2) is 5.33. The minimum Gasteiger partial charge on any atom is -0.508 e. The van der Waals surface area contributed by atoms with Gasteiger partial charge in [-0.05, 0) is 45.3 Å². The van der Waals surface area contributed by atoms with E-state index < -0.39 is 0 Å². The second-order valence-corrected chi connectivity index (χ2v) is 5.79. The van der Waals surface area contributed by atoms with Gasteiger partial charge in [0.25, 0.3) is 0 Å². The molecule has 0 bridgehead atoms. The largest absolute Gasteiger partial charge is 0.508 e. The minimum atomic E-state index is 0.249. The van der Waals surface area contributed by atoms with E-state index in [4.69, 9.17) is 0 Å². The molecule has 2 nitrogen and oxygen atoms in total. The molecule has 0 heterocycles. The van der Waals surface area contributed by atoms with Crippen molar-refractivity contribution in [3.63, 3.8) is 0 Å². The molecule has 4 rings (SSSR count). The average molecular weight is 300 g/mol. The summed E-state index contributed by atoms with van der Waals surface area (Å²) < 4.78 is 0. The lowest BCUT2D eigenvalue weighted by Gasteiger charge is -2.12. The highest BCUT2D eigenvalue weighted by molar-refractivity contribution is 5.91. The topological polar surface area (TPSA) is 40.5 Å². The summed E-state index contributed by atoms with van der Waals surface area (Å²) in [6, 6.07) is 23.2. The lowest BCUT2D eigenvalue weighted by molar-refractivity contribution is 0.469. The Balaban J connectivity index is 1.94. The van der Waals surface area contributed by atoms with Crippen LogP contribution in [0.3, 0.4) is 0 Å². The van der Waals surface area contributed by atoms with Gasteiger partial charge in [0, 0.05) is 12.0 Å². The summed E-state index contributed by atoms with van der Waals surface area (Å²) in [5.74, 6) is 0.537. The number of phenols is 2. The van der Waals surface area contributed by atoms with E-state index in [1.54, 1.807) is 18.2 Å². The van der Waals surface area contributed by atoms with Crippen LogP contribution < -0.4 is 0 Å². The summed E-state index contributed by atoms with van der Waals surface area (Å²) in [4.78, 5) is 0. The van der Waals surface area contributed by atoms with Crippen LogP contribution in [0.2, 0.25) is 0 Å². The predicted octanol–water partition coefficient (Wildman–Crippen LogP) is 5.00. The van der Waals surface area contributed by atoms with Crippen LogP contribution in [-0.4, -0.2) is 10.2 Å². The summed E-state index contributed by atoms with van der Waals surface area (Å²) in [6.45, 7) is 0. The van der Waals surface area contributed by atoms with Crippen LogP contribution in [0.25, 0.3) is 21.5 Å². The van der Waals surface area contributed by atoms with Gasteiger partial charge in [0.2, 0.25) is 0 Å². The van der Waals surface area contributed by atoms with Crippen molar-refractivity contribution in [3.8, 4) is 11.5 Å². The Morgan fingerprint density at radius 1 is 0.652 bits per heavy atom. The third-order valence-electron chi connectivity index (χ3n) is 4.32. The number of hydrogen-bond acceptors (Lipinski definition) is 2. The van der Waals surface area contributed by atoms with Crippen LogP contribution in [0.5, 0.6) is 11.5 Å². The smallest absolute Gasteiger partial charge is 0.119 e. The second-order valence-electron chi connectivity index (χ2n) is 5.79. The van der Waals surface area contributed by atoms with Crippen LogP contribution in [-0.2, 0) is 6.42 Å². The zero-order valence-electron chi connectivity index (χ0n) is 12.5. The molecule has 0 atom stereocenters. The Kier molecular flexibility index (Phi) is 3.16. The average Bonchev–Trinajstić information content (AvgIpc) is 2.57. The number of phenolic OH excluding ortho intramolecular Hbond substituents is 2. The molecule has 0 amide bonds. The molecular weight excluding hydrogens is 284 g/mol. The highest BCUT2D eigenvalue weighted by Gasteiger charge is 2.11. The van der Waals surface area contributed by atoms with Crippen LogP contribution in [0.4, 0.5) is 0 Å². The van der Waals surface area contributed by atoms with E-state index in [1.807, 2.05) is 54.6 Å². The van der Waals surface area contributed by atoms with Gasteiger partial charge in [-0.2, -0.15) is 0 Å². The van der Waals surface area contributed by atoms with E-state index in [2.05, 4.69) is 0 Å². The molecule has 4 aromatic carbocycles. The molecular formula is C21H16O2. The summed E-state index contributed by atoms with van der Waals surface area (Å²) in [7, 11) is 0. The Morgan fingerprint density at radius 3 is 2.17 bits per heavy atom. The van der Waals surface area contributed by atoms with E-state index in [1.165, 1.54) is 0 Å². The van der Waals surface area contributed by atoms with Crippen molar-refractivity contribution in [2.24, 2.45) is 0 Å². The summed E-state index contributed by atoms with van der Waals surface area (Å²) in [5, 5.41) is 24.6. The lowest BCUT2D eigenvalue weighted by atomic mass is 9.94. The van der Waals surface area contributed by atoms with Crippen molar-refractivity contribution in [3.05, 3.63) is 83.9 Å². The van der Waals surface area contributed by atoms with Crippen molar-refractivity contribution in [1.29, 1.82) is 0 Å². The number of benzene rings is 4. The van der Waals surface area contributed by atoms with Gasteiger partial charge >= 0.3 is 0 Å². The first-order valence-corrected chi connectivity index (χ1v) is 7.62. The maximum atomic E-state index is 10.3. The maximum absolute atomic E-state index is 10.3. The van der Waals surface area contributed by atoms with Gasteiger partial charge < -0.3 is 10.2 Å². The zero-order chi connectivity index (χ0) is 15.8. The van der Waals surface area contributed by atoms with E-state index in [0.29, 0.717) is 6.42 Å². The van der Waals surface area contributed by atoms with Gasteiger partial charge in [-0.3, -0.25) is 0 Å². The van der Waals surface area contributed by atoms with Gasteiger partial charge in [0.1, 0.15) is 11.5 Å². The Morgan fingerprint density at radius 2 is 1.35 bits per heavy atom. The summed E-state index contributed by atoms with van der Waals surface area (Å²) in [5.41, 5.74) is 1.89. The van der Waals surface area contributed by atoms with Crippen molar-refractivity contribution in [1.82, 2.24) is 0 Å². The van der Waals surface area contributed by atoms with Crippen LogP contribution in [0, 0.1) is 0 Å². The van der Waals surface area contributed by atoms with Gasteiger partial charge in [-0.1, -0.05) is 54.6 Å². The van der Waals surface area contributed by atoms with Crippen LogP contribution in [0.15, 0.2) is 72.8 Å². The summed E-state index contributed by atoms with van der Waals surface area (Å²) >= 11 is 0. The highest BCUT2D eigenvalue weighted by Crippen LogP contribution is 2.32. The van der Waals surface area contributed by atoms with Gasteiger partial charge in [0.15, 0.2) is 0 Å². The maximum Gasteiger partial charge on any atom is 0.119 e. The van der Waals surface area contributed by atoms with E-state index >= 15 is 0 Å². The Labute approximate surface area is 134 Å². The van der Waals surface area contributed by atoms with Crippen molar-refractivity contribution >= 4 is 21.5 Å². The van der Waals surface area contributed by atoms with E-state index in [9.17, 15) is 10.2 Å². The first-order valence-electron chi connectivity index (χ1n) is 7.62. The molecule has 2 heteroatoms. The first kappa shape index (κ1) is 13.6. The molecule has 4 aromatic rings. The monoisotopic (exact) mass is 300 g/mol. The molecule has 0 aliphatic heterocycles. The fraction of sp³-hybridized carbons (Fsp3) is 0.0476. The minimum absolute atomic E-state index is 0.249. The molecule has 0 fully saturated rings. The van der Waals surface area contributed by atoms with E-state index in [0.717, 1.165) is 32.7 Å². The van der Waals surface area contributed by atoms with Crippen molar-refractivity contribution in [2.75, 3.05) is 0 Å². The van der Waals surface area contributed by atoms with Crippen molar-refractivity contribution < 1.29 is 10.2 Å². The number of hydrogen-bond donors (Lipinski definition) is 2. The predicted molar refractivity (Wildman–Crippen MR) is 94.0 cm³/mol. The fourth-order valence-electron chi connectivity index (χ4n) is 3.22. The van der Waals surface area contributed by atoms with Crippen LogP contribution >= 0.6 is 0 Å². The standard InChI is InChI=1S/C21H16O2/c22-17-11-15-6-2-3-7-18(15)16(12-17)13-20-19-8-4-1-5-14(19)9-10-21(20)23/h1-12,22-23H,13H2. The molecule has 112 valence electrons. The van der Waals surface area contributed by atoms with Crippen molar-refractivity contribution in [2.45, 2.75) is 6.42 Å². The summed E-state index contributed by atoms with van der Waals surface area (Å²) in [6.07, 6.45) is 0.572. The molecule has 0 spiro atoms.